The summed E-state index contributed by atoms with van der Waals surface area (Å²) < 4.78 is 0. The van der Waals surface area contributed by atoms with Gasteiger partial charge in [-0.15, -0.1) is 22.7 Å². The molecule has 1 fully saturated rings. The van der Waals surface area contributed by atoms with Crippen molar-refractivity contribution in [3.05, 3.63) is 56.8 Å². The third kappa shape index (κ3) is 16.2. The zero-order chi connectivity index (χ0) is 51.6. The largest absolute Gasteiger partial charge is 0.391 e. The van der Waals surface area contributed by atoms with Crippen LogP contribution in [0.2, 0.25) is 0 Å². The fourth-order valence-corrected chi connectivity index (χ4v) is 9.02. The number of aliphatic hydroxyl groups excluding tert-OH is 1. The Balaban J connectivity index is 1.19. The minimum Gasteiger partial charge on any atom is -0.391 e. The van der Waals surface area contributed by atoms with Crippen molar-refractivity contribution in [2.45, 2.75) is 102 Å². The van der Waals surface area contributed by atoms with E-state index in [1.165, 1.54) is 53.9 Å². The van der Waals surface area contributed by atoms with E-state index in [0.29, 0.717) is 53.0 Å². The molecule has 0 aromatic carbocycles. The number of aromatic nitrogens is 6. The number of nitrogens with one attached hydrogen (secondary N) is 7. The minimum absolute atomic E-state index is 0.0880. The summed E-state index contributed by atoms with van der Waals surface area (Å²) in [6, 6.07) is -5.92. The summed E-state index contributed by atoms with van der Waals surface area (Å²) in [5.41, 5.74) is 29.5. The summed E-state index contributed by atoms with van der Waals surface area (Å²) in [5.74, 6) is -4.92. The van der Waals surface area contributed by atoms with Crippen LogP contribution >= 0.6 is 22.7 Å². The molecule has 0 unspecified atom stereocenters. The molecular weight excluding hydrogens is 961 g/mol. The number of rotatable bonds is 29. The standard InChI is InChI=1S/C43H64N18O8S2/c1-22-33(58-37(60-35(22)47)26(16-31(46)63)53-18-25(45)36(48)64)41(68)56-27(15-24-17-50-21-54-24)43(69)61-14-5-7-30(61)39(66)59-34(23(2)62)40(67)52-13-8-32-55-29(20-70-32)42-57-28(19-71-42)38(65)51-12-6-11-49-10-4-3-9-44/h17,19-21,23,25-27,30,34,49,53,62H,3-16,18,44-45H2,1-2H3,(H2,46,63)(H2,48,64)(H,50,54)(H,51,65)(H,52,67)(H,56,68)(H,59,66)(H2,47,58,60)/t23-,25+,26+,27+,30+,34+/m1/s1. The number of aromatic amines is 1. The zero-order valence-corrected chi connectivity index (χ0v) is 41.2. The Morgan fingerprint density at radius 3 is 2.42 bits per heavy atom. The molecule has 0 bridgehead atoms. The van der Waals surface area contributed by atoms with Crippen molar-refractivity contribution in [3.63, 3.8) is 0 Å². The number of primary amides is 2. The topological polar surface area (TPSA) is 425 Å². The number of likely N-dealkylation sites (tertiary alicyclic amines) is 1. The van der Waals surface area contributed by atoms with Gasteiger partial charge in [-0.05, 0) is 65.6 Å². The summed E-state index contributed by atoms with van der Waals surface area (Å²) in [6.45, 7) is 5.74. The molecule has 1 saturated heterocycles. The first-order valence-electron chi connectivity index (χ1n) is 23.1. The second kappa shape index (κ2) is 27.2. The number of nitrogens with zero attached hydrogens (tertiary/aromatic N) is 6. The van der Waals surface area contributed by atoms with E-state index >= 15 is 0 Å². The van der Waals surface area contributed by atoms with Gasteiger partial charge in [0.15, 0.2) is 0 Å². The van der Waals surface area contributed by atoms with E-state index in [9.17, 15) is 38.7 Å². The predicted molar refractivity (Wildman–Crippen MR) is 263 cm³/mol. The smallest absolute Gasteiger partial charge is 0.271 e. The van der Waals surface area contributed by atoms with E-state index in [4.69, 9.17) is 28.7 Å². The highest BCUT2D eigenvalue weighted by molar-refractivity contribution is 7.14. The number of nitrogen functional groups attached to an aromatic ring is 1. The van der Waals surface area contributed by atoms with Crippen LogP contribution in [0.1, 0.15) is 94.6 Å². The highest BCUT2D eigenvalue weighted by atomic mass is 32.1. The van der Waals surface area contributed by atoms with Crippen molar-refractivity contribution in [2.75, 3.05) is 51.5 Å². The number of aliphatic hydroxyl groups is 1. The van der Waals surface area contributed by atoms with E-state index in [-0.39, 0.29) is 67.7 Å². The molecule has 0 saturated carbocycles. The second-order valence-corrected chi connectivity index (χ2v) is 18.7. The molecule has 26 nitrogen and oxygen atoms in total. The van der Waals surface area contributed by atoms with E-state index < -0.39 is 71.8 Å². The molecule has 0 spiro atoms. The summed E-state index contributed by atoms with van der Waals surface area (Å²) in [5, 5.41) is 32.5. The van der Waals surface area contributed by atoms with Crippen molar-refractivity contribution in [1.82, 2.24) is 66.7 Å². The highest BCUT2D eigenvalue weighted by Crippen LogP contribution is 2.26. The van der Waals surface area contributed by atoms with E-state index in [2.05, 4.69) is 61.8 Å². The monoisotopic (exact) mass is 1020 g/mol. The lowest BCUT2D eigenvalue weighted by Crippen LogP contribution is -2.58. The number of carbonyl (C=O) groups is 7. The highest BCUT2D eigenvalue weighted by Gasteiger charge is 2.40. The van der Waals surface area contributed by atoms with E-state index in [1.54, 1.807) is 5.38 Å². The fourth-order valence-electron chi connectivity index (χ4n) is 7.40. The fraction of sp³-hybridized carbons (Fsp3) is 0.535. The number of thiazole rings is 2. The van der Waals surface area contributed by atoms with Gasteiger partial charge in [-0.1, -0.05) is 0 Å². The number of carbonyl (C=O) groups excluding carboxylic acids is 7. The van der Waals surface area contributed by atoms with Gasteiger partial charge in [0.05, 0.1) is 29.5 Å². The molecule has 386 valence electrons. The van der Waals surface area contributed by atoms with E-state index in [1.807, 2.05) is 5.38 Å². The number of hydrogen-bond donors (Lipinski definition) is 13. The lowest BCUT2D eigenvalue weighted by molar-refractivity contribution is -0.141. The Labute approximate surface area is 417 Å². The van der Waals surface area contributed by atoms with E-state index in [0.717, 1.165) is 32.4 Å². The van der Waals surface area contributed by atoms with Gasteiger partial charge in [-0.3, -0.25) is 33.6 Å². The Morgan fingerprint density at radius 1 is 0.944 bits per heavy atom. The van der Waals surface area contributed by atoms with Crippen LogP contribution in [-0.2, 0) is 36.8 Å². The van der Waals surface area contributed by atoms with Gasteiger partial charge < -0.3 is 75.6 Å². The normalized spacial score (nSPS) is 15.6. The number of hydrogen-bond acceptors (Lipinski definition) is 20. The van der Waals surface area contributed by atoms with Gasteiger partial charge in [-0.25, -0.2) is 24.9 Å². The zero-order valence-electron chi connectivity index (χ0n) is 39.6. The van der Waals surface area contributed by atoms with Gasteiger partial charge >= 0.3 is 0 Å². The molecule has 4 aromatic heterocycles. The SMILES string of the molecule is Cc1c(N)nc([C@H](CC(N)=O)NC[C@H](N)C(N)=O)nc1C(=O)N[C@@H](Cc1cnc[nH]1)C(=O)N1CCC[C@H]1C(=O)N[C@H](C(=O)NCCc1nc(-c2nc(C(=O)NCCCNCCCCN)cs2)cs1)[C@@H](C)O. The maximum absolute atomic E-state index is 14.4. The molecule has 1 aliphatic heterocycles. The third-order valence-corrected chi connectivity index (χ3v) is 13.1. The van der Waals surface area contributed by atoms with Crippen LogP contribution in [0, 0.1) is 6.92 Å². The summed E-state index contributed by atoms with van der Waals surface area (Å²) in [4.78, 5) is 118. The average Bonchev–Trinajstić information content (AvgIpc) is 4.19. The van der Waals surface area contributed by atoms with Crippen LogP contribution in [0.4, 0.5) is 5.82 Å². The number of amides is 7. The quantitative estimate of drug-likeness (QED) is 0.0241. The van der Waals surface area contributed by atoms with Crippen molar-refractivity contribution in [2.24, 2.45) is 22.9 Å². The summed E-state index contributed by atoms with van der Waals surface area (Å²) in [6.07, 6.45) is 4.80. The first-order chi connectivity index (χ1) is 34.0. The first-order valence-corrected chi connectivity index (χ1v) is 24.9. The minimum atomic E-state index is -1.38. The maximum atomic E-state index is 14.4. The lowest BCUT2D eigenvalue weighted by Gasteiger charge is -2.30. The lowest BCUT2D eigenvalue weighted by atomic mass is 10.1. The molecule has 1 aliphatic rings. The molecule has 0 aliphatic carbocycles. The Morgan fingerprint density at radius 2 is 1.72 bits per heavy atom. The second-order valence-electron chi connectivity index (χ2n) is 16.9. The Kier molecular flexibility index (Phi) is 21.2. The molecule has 28 heteroatoms. The van der Waals surface area contributed by atoms with Gasteiger partial charge in [0, 0.05) is 73.7 Å². The molecule has 7 amide bonds. The van der Waals surface area contributed by atoms with Gasteiger partial charge in [0.25, 0.3) is 11.8 Å². The summed E-state index contributed by atoms with van der Waals surface area (Å²) in [7, 11) is 0. The van der Waals surface area contributed by atoms with Gasteiger partial charge in [0.2, 0.25) is 29.5 Å². The molecule has 6 atom stereocenters. The Hall–Kier alpha value is -6.56. The first kappa shape index (κ1) is 55.4. The van der Waals surface area contributed by atoms with Crippen LogP contribution in [0.3, 0.4) is 0 Å². The molecule has 5 heterocycles. The van der Waals surface area contributed by atoms with Crippen LogP contribution in [0.25, 0.3) is 10.7 Å². The number of anilines is 1. The van der Waals surface area contributed by atoms with Crippen LogP contribution in [0.15, 0.2) is 23.3 Å². The molecule has 18 N–H and O–H groups in total. The molecule has 4 aromatic rings. The van der Waals surface area contributed by atoms with Crippen LogP contribution in [0.5, 0.6) is 0 Å². The van der Waals surface area contributed by atoms with Crippen LogP contribution < -0.4 is 60.6 Å². The molecule has 5 rings (SSSR count). The van der Waals surface area contributed by atoms with Crippen molar-refractivity contribution >= 4 is 69.8 Å². The molecular formula is C43H64N18O8S2. The predicted octanol–water partition coefficient (Wildman–Crippen LogP) is -3.01. The molecule has 0 radical (unpaired) electrons. The van der Waals surface area contributed by atoms with Crippen molar-refractivity contribution in [3.8, 4) is 10.7 Å². The number of H-pyrrole nitrogens is 1. The van der Waals surface area contributed by atoms with Crippen molar-refractivity contribution in [1.29, 1.82) is 0 Å². The third-order valence-electron chi connectivity index (χ3n) is 11.3. The number of unbranched alkanes of at least 4 members (excludes halogenated alkanes) is 1. The average molecular weight is 1030 g/mol. The maximum Gasteiger partial charge on any atom is 0.271 e. The van der Waals surface area contributed by atoms with Crippen LogP contribution in [-0.4, -0.2) is 157 Å². The number of nitrogens with two attached hydrogens (primary N) is 5. The summed E-state index contributed by atoms with van der Waals surface area (Å²) >= 11 is 2.65. The van der Waals surface area contributed by atoms with Crippen molar-refractivity contribution < 1.29 is 38.7 Å². The van der Waals surface area contributed by atoms with Gasteiger partial charge in [0.1, 0.15) is 51.9 Å². The number of imidazole rings is 1. The molecule has 71 heavy (non-hydrogen) atoms. The Bertz CT molecular complexity index is 2450. The van der Waals surface area contributed by atoms with Gasteiger partial charge in [-0.2, -0.15) is 0 Å².